The molecule has 1 amide bonds. The molecule has 9 N–H and O–H groups in total. The third-order valence-electron chi connectivity index (χ3n) is 16.8. The maximum absolute atomic E-state index is 13.3. The second kappa shape index (κ2) is 53.4. The number of rotatable bonds is 56. The molecule has 482 valence electrons. The molecule has 2 aliphatic rings. The molecule has 2 rings (SSSR count). The molecule has 14 heteroatoms. The van der Waals surface area contributed by atoms with Crippen LogP contribution in [0, 0.1) is 0 Å². The van der Waals surface area contributed by atoms with Crippen molar-refractivity contribution in [2.24, 2.45) is 0 Å². The van der Waals surface area contributed by atoms with E-state index in [2.05, 4.69) is 43.5 Å². The lowest BCUT2D eigenvalue weighted by Gasteiger charge is -2.46. The summed E-state index contributed by atoms with van der Waals surface area (Å²) in [6.07, 6.45) is 50.5. The van der Waals surface area contributed by atoms with Gasteiger partial charge in [0.05, 0.1) is 32.0 Å². The van der Waals surface area contributed by atoms with Gasteiger partial charge in [0.25, 0.3) is 0 Å². The number of hydrogen-bond acceptors (Lipinski definition) is 13. The number of amides is 1. The van der Waals surface area contributed by atoms with Crippen molar-refractivity contribution in [1.29, 1.82) is 0 Å². The Morgan fingerprint density at radius 1 is 0.427 bits per heavy atom. The van der Waals surface area contributed by atoms with E-state index >= 15 is 0 Å². The zero-order valence-corrected chi connectivity index (χ0v) is 52.2. The van der Waals surface area contributed by atoms with E-state index in [4.69, 9.17) is 18.9 Å². The first-order valence-corrected chi connectivity index (χ1v) is 34.2. The molecule has 0 aromatic carbocycles. The molecule has 0 aromatic heterocycles. The van der Waals surface area contributed by atoms with Gasteiger partial charge in [0.15, 0.2) is 12.6 Å². The zero-order chi connectivity index (χ0) is 59.5. The van der Waals surface area contributed by atoms with Gasteiger partial charge in [-0.3, -0.25) is 4.79 Å². The Bertz CT molecular complexity index is 1510. The summed E-state index contributed by atoms with van der Waals surface area (Å²) < 4.78 is 22.8. The van der Waals surface area contributed by atoms with Crippen LogP contribution in [-0.2, 0) is 23.7 Å². The Hall–Kier alpha value is -1.79. The Balaban J connectivity index is 1.71. The fraction of sp³-hybridized carbons (Fsp3) is 0.897. The first kappa shape index (κ1) is 76.3. The van der Waals surface area contributed by atoms with Crippen LogP contribution in [0.1, 0.15) is 296 Å². The van der Waals surface area contributed by atoms with Gasteiger partial charge in [0.2, 0.25) is 5.91 Å². The summed E-state index contributed by atoms with van der Waals surface area (Å²) in [6, 6.07) is -0.931. The maximum Gasteiger partial charge on any atom is 0.220 e. The van der Waals surface area contributed by atoms with Gasteiger partial charge in [-0.15, -0.1) is 0 Å². The van der Waals surface area contributed by atoms with E-state index in [9.17, 15) is 45.6 Å². The topological polar surface area (TPSA) is 228 Å². The Morgan fingerprint density at radius 2 is 0.780 bits per heavy atom. The van der Waals surface area contributed by atoms with Crippen LogP contribution in [0.25, 0.3) is 0 Å². The number of hydrogen-bond donors (Lipinski definition) is 9. The molecule has 12 unspecified atom stereocenters. The van der Waals surface area contributed by atoms with Gasteiger partial charge in [-0.05, 0) is 57.8 Å². The Morgan fingerprint density at radius 3 is 1.20 bits per heavy atom. The van der Waals surface area contributed by atoms with Crippen LogP contribution in [0.5, 0.6) is 0 Å². The molecule has 2 aliphatic heterocycles. The van der Waals surface area contributed by atoms with E-state index in [1.165, 1.54) is 231 Å². The lowest BCUT2D eigenvalue weighted by Crippen LogP contribution is -2.65. The van der Waals surface area contributed by atoms with Gasteiger partial charge in [0, 0.05) is 6.42 Å². The summed E-state index contributed by atoms with van der Waals surface area (Å²) in [5.74, 6) is -0.245. The highest BCUT2D eigenvalue weighted by molar-refractivity contribution is 5.76. The average molecular weight is 1170 g/mol. The van der Waals surface area contributed by atoms with Crippen LogP contribution >= 0.6 is 0 Å². The Kier molecular flexibility index (Phi) is 49.7. The summed E-state index contributed by atoms with van der Waals surface area (Å²) in [4.78, 5) is 13.3. The van der Waals surface area contributed by atoms with Crippen molar-refractivity contribution in [3.8, 4) is 0 Å². The summed E-state index contributed by atoms with van der Waals surface area (Å²) in [5.41, 5.74) is 0. The molecule has 2 fully saturated rings. The molecular weight excluding hydrogens is 1040 g/mol. The molecule has 0 aromatic rings. The molecule has 0 aliphatic carbocycles. The van der Waals surface area contributed by atoms with E-state index < -0.39 is 86.8 Å². The number of carbonyl (C=O) groups is 1. The van der Waals surface area contributed by atoms with Crippen molar-refractivity contribution in [2.75, 3.05) is 19.8 Å². The highest BCUT2D eigenvalue weighted by Crippen LogP contribution is 2.30. The number of aliphatic hydroxyl groups excluding tert-OH is 8. The lowest BCUT2D eigenvalue weighted by atomic mass is 9.97. The minimum absolute atomic E-state index is 0.245. The number of carbonyl (C=O) groups excluding carboxylic acids is 1. The van der Waals surface area contributed by atoms with Crippen molar-refractivity contribution < 1.29 is 64.6 Å². The molecule has 0 bridgehead atoms. The van der Waals surface area contributed by atoms with Crippen LogP contribution < -0.4 is 5.32 Å². The van der Waals surface area contributed by atoms with Crippen molar-refractivity contribution in [3.05, 3.63) is 36.5 Å². The smallest absolute Gasteiger partial charge is 0.220 e. The molecule has 2 saturated heterocycles. The number of unbranched alkanes of at least 4 members (excludes halogenated alkanes) is 39. The molecule has 14 nitrogen and oxygen atoms in total. The maximum atomic E-state index is 13.3. The average Bonchev–Trinajstić information content (AvgIpc) is 3.56. The first-order chi connectivity index (χ1) is 40.1. The van der Waals surface area contributed by atoms with Gasteiger partial charge in [-0.25, -0.2) is 0 Å². The van der Waals surface area contributed by atoms with Crippen LogP contribution in [0.4, 0.5) is 0 Å². The van der Waals surface area contributed by atoms with E-state index in [1.54, 1.807) is 6.08 Å². The highest BCUT2D eigenvalue weighted by atomic mass is 16.7. The minimum atomic E-state index is -1.79. The standard InChI is InChI=1S/C68H127NO13/c1-3-5-7-9-11-13-15-17-19-21-23-25-27-28-30-32-34-36-38-40-42-44-46-48-50-52-60(73)69-56(55-79-67-65(78)63(76)66(59(54-71)81-67)82-68-64(77)62(75)61(74)58(53-70)80-68)57(72)51-49-47-45-43-41-39-37-35-33-31-29-26-24-22-20-18-16-14-12-10-8-6-4-2/h21,23,41,43,49,51,56-59,61-68,70-72,74-78H,3-20,22,24-40,42,44-48,50,52-55H2,1-2H3,(H,69,73)/b23-21-,43-41+,51-49+. The van der Waals surface area contributed by atoms with Gasteiger partial charge >= 0.3 is 0 Å². The largest absolute Gasteiger partial charge is 0.394 e. The summed E-state index contributed by atoms with van der Waals surface area (Å²) >= 11 is 0. The second-order valence-electron chi connectivity index (χ2n) is 24.3. The van der Waals surface area contributed by atoms with Crippen LogP contribution in [0.15, 0.2) is 36.5 Å². The Labute approximate surface area is 500 Å². The van der Waals surface area contributed by atoms with Crippen LogP contribution in [0.2, 0.25) is 0 Å². The van der Waals surface area contributed by atoms with Gasteiger partial charge in [-0.1, -0.05) is 269 Å². The van der Waals surface area contributed by atoms with Crippen molar-refractivity contribution in [3.63, 3.8) is 0 Å². The van der Waals surface area contributed by atoms with E-state index in [1.807, 2.05) is 6.08 Å². The first-order valence-electron chi connectivity index (χ1n) is 34.2. The predicted molar refractivity (Wildman–Crippen MR) is 332 cm³/mol. The van der Waals surface area contributed by atoms with Crippen molar-refractivity contribution in [1.82, 2.24) is 5.32 Å². The zero-order valence-electron chi connectivity index (χ0n) is 52.2. The normalized spacial score (nSPS) is 24.1. The van der Waals surface area contributed by atoms with E-state index in [0.717, 1.165) is 32.1 Å². The summed E-state index contributed by atoms with van der Waals surface area (Å²) in [5, 5.41) is 87.3. The minimum Gasteiger partial charge on any atom is -0.394 e. The highest BCUT2D eigenvalue weighted by Gasteiger charge is 2.51. The summed E-state index contributed by atoms with van der Waals surface area (Å²) in [7, 11) is 0. The van der Waals surface area contributed by atoms with Crippen LogP contribution in [-0.4, -0.2) is 140 Å². The molecule has 0 spiro atoms. The molecule has 0 saturated carbocycles. The lowest BCUT2D eigenvalue weighted by molar-refractivity contribution is -0.359. The SMILES string of the molecule is CCCCCCCCCC/C=C\CCCCCCCCCCCCCCCC(=O)NC(COC1OC(CO)C(OC2OC(CO)C(O)C(O)C2O)C(O)C1O)C(O)/C=C/CC/C=C/CCCCCCCCCCCCCCCCCCC. The molecule has 0 radical (unpaired) electrons. The third-order valence-corrected chi connectivity index (χ3v) is 16.8. The monoisotopic (exact) mass is 1170 g/mol. The number of aliphatic hydroxyl groups is 8. The fourth-order valence-electron chi connectivity index (χ4n) is 11.3. The molecular formula is C68H127NO13. The van der Waals surface area contributed by atoms with E-state index in [0.29, 0.717) is 12.8 Å². The molecule has 82 heavy (non-hydrogen) atoms. The number of allylic oxidation sites excluding steroid dienone is 5. The quantitative estimate of drug-likeness (QED) is 0.0204. The second-order valence-corrected chi connectivity index (χ2v) is 24.3. The van der Waals surface area contributed by atoms with Gasteiger partial charge in [0.1, 0.15) is 48.8 Å². The summed E-state index contributed by atoms with van der Waals surface area (Å²) in [6.45, 7) is 2.82. The molecule has 2 heterocycles. The van der Waals surface area contributed by atoms with Crippen molar-refractivity contribution >= 4 is 5.91 Å². The fourth-order valence-corrected chi connectivity index (χ4v) is 11.3. The van der Waals surface area contributed by atoms with Gasteiger partial charge < -0.3 is 65.1 Å². The molecule has 12 atom stereocenters. The number of ether oxygens (including phenoxy) is 4. The van der Waals surface area contributed by atoms with Crippen LogP contribution in [0.3, 0.4) is 0 Å². The van der Waals surface area contributed by atoms with Gasteiger partial charge in [-0.2, -0.15) is 0 Å². The number of nitrogens with one attached hydrogen (secondary N) is 1. The third kappa shape index (κ3) is 37.7. The predicted octanol–water partition coefficient (Wildman–Crippen LogP) is 13.3. The van der Waals surface area contributed by atoms with Crippen molar-refractivity contribution in [2.45, 2.75) is 370 Å². The van der Waals surface area contributed by atoms with E-state index in [-0.39, 0.29) is 18.9 Å².